The summed E-state index contributed by atoms with van der Waals surface area (Å²) < 4.78 is 0. The Bertz CT molecular complexity index is 6.00. The average molecular weight is 171 g/mol. The quantitative estimate of drug-likeness (QED) is 0.451. The standard InChI is InChI=1S/2O.Ti.Zr/q2*-2;2*+4. The Morgan fingerprint density at radius 2 is 0.750 bits per heavy atom. The third-order valence-corrected chi connectivity index (χ3v) is 0. The summed E-state index contributed by atoms with van der Waals surface area (Å²) in [5.74, 6) is 0. The van der Waals surface area contributed by atoms with Crippen LogP contribution in [0.15, 0.2) is 0 Å². The number of hydrogen-bond donors (Lipinski definition) is 0. The molecule has 0 saturated carbocycles. The predicted molar refractivity (Wildman–Crippen MR) is 1.37 cm³/mol. The second-order valence-electron chi connectivity index (χ2n) is 0. The molecule has 4 heteroatoms. The van der Waals surface area contributed by atoms with Gasteiger partial charge in [-0.05, 0) is 0 Å². The summed E-state index contributed by atoms with van der Waals surface area (Å²) >= 11 is 0. The second-order valence-corrected chi connectivity index (χ2v) is 0. The number of hydrogen-bond acceptors (Lipinski definition) is 0. The van der Waals surface area contributed by atoms with Crippen molar-refractivity contribution >= 4 is 0 Å². The van der Waals surface area contributed by atoms with Crippen molar-refractivity contribution in [3.8, 4) is 0 Å². The van der Waals surface area contributed by atoms with E-state index in [9.17, 15) is 0 Å². The van der Waals surface area contributed by atoms with Gasteiger partial charge in [0.15, 0.2) is 0 Å². The van der Waals surface area contributed by atoms with Gasteiger partial charge >= 0.3 is 47.9 Å². The van der Waals surface area contributed by atoms with Gasteiger partial charge in [-0.15, -0.1) is 0 Å². The summed E-state index contributed by atoms with van der Waals surface area (Å²) in [6.45, 7) is 0. The van der Waals surface area contributed by atoms with E-state index in [2.05, 4.69) is 0 Å². The first kappa shape index (κ1) is 48.9. The first-order valence-electron chi connectivity index (χ1n) is 0. The van der Waals surface area contributed by atoms with Crippen LogP contribution in [0.2, 0.25) is 0 Å². The molecule has 0 aromatic carbocycles. The van der Waals surface area contributed by atoms with E-state index in [1.54, 1.807) is 0 Å². The van der Waals surface area contributed by atoms with Gasteiger partial charge in [0, 0.05) is 0 Å². The first-order chi connectivity index (χ1) is 0. The van der Waals surface area contributed by atoms with E-state index >= 15 is 0 Å². The van der Waals surface area contributed by atoms with Crippen molar-refractivity contribution in [1.29, 1.82) is 0 Å². The van der Waals surface area contributed by atoms with Crippen LogP contribution in [0.3, 0.4) is 0 Å². The van der Waals surface area contributed by atoms with Gasteiger partial charge in [-0.3, -0.25) is 0 Å². The topological polar surface area (TPSA) is 57.0 Å². The SMILES string of the molecule is [O-2].[O-2].[Ti+4].[Zr+4]. The Balaban J connectivity index is 0. The monoisotopic (exact) mass is 170 g/mol. The van der Waals surface area contributed by atoms with Crippen LogP contribution >= 0.6 is 0 Å². The van der Waals surface area contributed by atoms with Crippen molar-refractivity contribution in [2.75, 3.05) is 0 Å². The van der Waals surface area contributed by atoms with Gasteiger partial charge in [0.2, 0.25) is 0 Å². The summed E-state index contributed by atoms with van der Waals surface area (Å²) in [6.07, 6.45) is 0. The second kappa shape index (κ2) is 24.3. The van der Waals surface area contributed by atoms with Crippen LogP contribution in [-0.2, 0) is 58.9 Å². The van der Waals surface area contributed by atoms with Crippen molar-refractivity contribution in [3.63, 3.8) is 0 Å². The van der Waals surface area contributed by atoms with Crippen LogP contribution in [0.5, 0.6) is 0 Å². The maximum Gasteiger partial charge on any atom is 4.00 e. The van der Waals surface area contributed by atoms with E-state index < -0.39 is 0 Å². The van der Waals surface area contributed by atoms with Gasteiger partial charge in [-0.25, -0.2) is 0 Å². The van der Waals surface area contributed by atoms with E-state index in [0.29, 0.717) is 0 Å². The minimum Gasteiger partial charge on any atom is -2.00 e. The molecule has 0 aliphatic carbocycles. The Labute approximate surface area is 58.6 Å². The molecule has 0 atom stereocenters. The molecule has 0 unspecified atom stereocenters. The van der Waals surface area contributed by atoms with Gasteiger partial charge in [-0.1, -0.05) is 0 Å². The third-order valence-electron chi connectivity index (χ3n) is 0. The third kappa shape index (κ3) is 9.68. The summed E-state index contributed by atoms with van der Waals surface area (Å²) in [6, 6.07) is 0. The Morgan fingerprint density at radius 3 is 0.750 bits per heavy atom. The fraction of sp³-hybridized carbons (Fsp3) is 0. The van der Waals surface area contributed by atoms with Crippen LogP contribution in [0, 0.1) is 0 Å². The fourth-order valence-corrected chi connectivity index (χ4v) is 0. The van der Waals surface area contributed by atoms with Gasteiger partial charge in [0.25, 0.3) is 0 Å². The molecule has 16 valence electrons. The maximum atomic E-state index is 0. The minimum atomic E-state index is 0. The molecule has 0 bridgehead atoms. The Kier molecular flexibility index (Phi) is 297. The van der Waals surface area contributed by atoms with Crippen molar-refractivity contribution in [1.82, 2.24) is 0 Å². The summed E-state index contributed by atoms with van der Waals surface area (Å²) in [7, 11) is 0. The molecule has 0 amide bonds. The molecule has 0 rings (SSSR count). The summed E-state index contributed by atoms with van der Waals surface area (Å²) in [4.78, 5) is 0. The number of rotatable bonds is 0. The van der Waals surface area contributed by atoms with Crippen molar-refractivity contribution in [3.05, 3.63) is 0 Å². The van der Waals surface area contributed by atoms with E-state index in [1.807, 2.05) is 0 Å². The molecule has 0 aromatic rings. The molecule has 0 aliphatic heterocycles. The van der Waals surface area contributed by atoms with Gasteiger partial charge in [0.1, 0.15) is 0 Å². The van der Waals surface area contributed by atoms with Crippen LogP contribution in [-0.4, -0.2) is 0 Å². The van der Waals surface area contributed by atoms with E-state index in [0.717, 1.165) is 0 Å². The average Bonchev–Trinajstić information content (AvgIpc) is 0. The minimum absolute atomic E-state index is 0. The van der Waals surface area contributed by atoms with Crippen molar-refractivity contribution < 1.29 is 58.9 Å². The summed E-state index contributed by atoms with van der Waals surface area (Å²) in [5.41, 5.74) is 0. The van der Waals surface area contributed by atoms with Crippen LogP contribution in [0.4, 0.5) is 0 Å². The fourth-order valence-electron chi connectivity index (χ4n) is 0. The Hall–Kier alpha value is 1.52. The zero-order valence-electron chi connectivity index (χ0n) is 1.82. The van der Waals surface area contributed by atoms with Crippen molar-refractivity contribution in [2.24, 2.45) is 0 Å². The molecule has 0 aliphatic rings. The largest absolute Gasteiger partial charge is 4.00 e. The molecule has 0 spiro atoms. The molecule has 0 aromatic heterocycles. The van der Waals surface area contributed by atoms with Gasteiger partial charge in [-0.2, -0.15) is 0 Å². The predicted octanol–water partition coefficient (Wildman–Crippen LogP) is -0.243. The van der Waals surface area contributed by atoms with Crippen LogP contribution in [0.25, 0.3) is 0 Å². The molecule has 0 fully saturated rings. The smallest absolute Gasteiger partial charge is 2.00 e. The normalized spacial score (nSPS) is 0. The zero-order chi connectivity index (χ0) is 0. The van der Waals surface area contributed by atoms with Crippen LogP contribution < -0.4 is 0 Å². The molecule has 0 heterocycles. The first-order valence-corrected chi connectivity index (χ1v) is 0. The van der Waals surface area contributed by atoms with E-state index in [1.165, 1.54) is 0 Å². The maximum absolute atomic E-state index is 0. The van der Waals surface area contributed by atoms with E-state index in [-0.39, 0.29) is 58.9 Å². The van der Waals surface area contributed by atoms with Crippen molar-refractivity contribution in [2.45, 2.75) is 0 Å². The molecule has 0 saturated heterocycles. The molecular formula is O2TiZr+4. The molecule has 4 heavy (non-hydrogen) atoms. The van der Waals surface area contributed by atoms with E-state index in [4.69, 9.17) is 0 Å². The Morgan fingerprint density at radius 1 is 0.750 bits per heavy atom. The summed E-state index contributed by atoms with van der Waals surface area (Å²) in [5, 5.41) is 0. The van der Waals surface area contributed by atoms with Gasteiger partial charge in [0.05, 0.1) is 0 Å². The molecule has 0 N–H and O–H groups in total. The zero-order valence-corrected chi connectivity index (χ0v) is 5.84. The molecular weight excluding hydrogens is 171 g/mol. The van der Waals surface area contributed by atoms with Crippen LogP contribution in [0.1, 0.15) is 0 Å². The molecule has 2 nitrogen and oxygen atoms in total. The molecule has 0 radical (unpaired) electrons. The van der Waals surface area contributed by atoms with Gasteiger partial charge < -0.3 is 11.0 Å².